The molecule has 0 aromatic heterocycles. The highest BCUT2D eigenvalue weighted by Gasteiger charge is 2.12. The molecule has 0 saturated carbocycles. The van der Waals surface area contributed by atoms with Crippen LogP contribution in [0.2, 0.25) is 0 Å². The number of amides is 1. The molecule has 0 heterocycles. The summed E-state index contributed by atoms with van der Waals surface area (Å²) in [6.07, 6.45) is 7.18. The molecule has 116 valence electrons. The van der Waals surface area contributed by atoms with Crippen molar-refractivity contribution < 1.29 is 9.18 Å². The van der Waals surface area contributed by atoms with Crippen LogP contribution >= 0.6 is 0 Å². The molecule has 0 spiro atoms. The molecule has 0 saturated heterocycles. The van der Waals surface area contributed by atoms with Gasteiger partial charge in [-0.25, -0.2) is 4.39 Å². The van der Waals surface area contributed by atoms with Crippen LogP contribution in [-0.4, -0.2) is 5.91 Å². The molecular weight excluding hydrogens is 289 g/mol. The monoisotopic (exact) mass is 307 g/mol. The molecule has 3 rings (SSSR count). The number of halogens is 1. The van der Waals surface area contributed by atoms with Crippen molar-refractivity contribution in [3.8, 4) is 0 Å². The molecule has 1 unspecified atom stereocenters. The largest absolute Gasteiger partial charge is 0.346 e. The van der Waals surface area contributed by atoms with E-state index in [1.807, 2.05) is 37.3 Å². The Kier molecular flexibility index (Phi) is 4.38. The normalized spacial score (nSPS) is 14.4. The van der Waals surface area contributed by atoms with Crippen LogP contribution in [0, 0.1) is 5.82 Å². The lowest BCUT2D eigenvalue weighted by atomic mass is 10.0. The lowest BCUT2D eigenvalue weighted by Crippen LogP contribution is -2.26. The van der Waals surface area contributed by atoms with Gasteiger partial charge in [-0.3, -0.25) is 4.79 Å². The number of rotatable bonds is 4. The van der Waals surface area contributed by atoms with Crippen LogP contribution < -0.4 is 5.32 Å². The molecule has 0 fully saturated rings. The maximum Gasteiger partial charge on any atom is 0.251 e. The van der Waals surface area contributed by atoms with Gasteiger partial charge in [0.1, 0.15) is 5.82 Å². The van der Waals surface area contributed by atoms with E-state index in [1.165, 1.54) is 17.7 Å². The molecule has 1 N–H and O–H groups in total. The Morgan fingerprint density at radius 2 is 1.78 bits per heavy atom. The summed E-state index contributed by atoms with van der Waals surface area (Å²) < 4.78 is 12.9. The van der Waals surface area contributed by atoms with E-state index in [0.29, 0.717) is 5.56 Å². The van der Waals surface area contributed by atoms with Gasteiger partial charge < -0.3 is 5.32 Å². The van der Waals surface area contributed by atoms with E-state index < -0.39 is 0 Å². The van der Waals surface area contributed by atoms with Crippen LogP contribution in [0.25, 0.3) is 5.57 Å². The Bertz CT molecular complexity index is 757. The molecule has 1 atom stereocenters. The molecule has 0 bridgehead atoms. The summed E-state index contributed by atoms with van der Waals surface area (Å²) in [4.78, 5) is 12.3. The van der Waals surface area contributed by atoms with Crippen LogP contribution in [0.3, 0.4) is 0 Å². The zero-order valence-corrected chi connectivity index (χ0v) is 12.9. The summed E-state index contributed by atoms with van der Waals surface area (Å²) in [5, 5.41) is 2.93. The summed E-state index contributed by atoms with van der Waals surface area (Å²) in [6, 6.07) is 13.6. The highest BCUT2D eigenvalue weighted by atomic mass is 19.1. The number of carbonyl (C=O) groups excluding carboxylic acids is 1. The summed E-state index contributed by atoms with van der Waals surface area (Å²) in [7, 11) is 0. The Hall–Kier alpha value is -2.68. The number of hydrogen-bond donors (Lipinski definition) is 1. The van der Waals surface area contributed by atoms with Crippen LogP contribution in [0.15, 0.2) is 66.8 Å². The highest BCUT2D eigenvalue weighted by Crippen LogP contribution is 2.23. The Morgan fingerprint density at radius 1 is 1.09 bits per heavy atom. The minimum atomic E-state index is -0.279. The zero-order chi connectivity index (χ0) is 16.2. The van der Waals surface area contributed by atoms with Gasteiger partial charge in [0.2, 0.25) is 0 Å². The van der Waals surface area contributed by atoms with Crippen molar-refractivity contribution in [2.24, 2.45) is 0 Å². The van der Waals surface area contributed by atoms with Gasteiger partial charge in [-0.1, -0.05) is 42.5 Å². The first-order valence-corrected chi connectivity index (χ1v) is 7.66. The number of hydrogen-bond acceptors (Lipinski definition) is 1. The quantitative estimate of drug-likeness (QED) is 0.874. The van der Waals surface area contributed by atoms with Gasteiger partial charge in [0.15, 0.2) is 0 Å². The number of carbonyl (C=O) groups is 1. The first kappa shape index (κ1) is 15.2. The smallest absolute Gasteiger partial charge is 0.251 e. The molecule has 2 aromatic rings. The van der Waals surface area contributed by atoms with Crippen LogP contribution in [-0.2, 0) is 0 Å². The van der Waals surface area contributed by atoms with Crippen LogP contribution in [0.1, 0.15) is 40.9 Å². The van der Waals surface area contributed by atoms with Crippen molar-refractivity contribution in [3.63, 3.8) is 0 Å². The molecular formula is C20H18FNO. The van der Waals surface area contributed by atoms with Crippen molar-refractivity contribution in [1.82, 2.24) is 5.32 Å². The van der Waals surface area contributed by atoms with Crippen molar-refractivity contribution >= 4 is 11.5 Å². The average molecular weight is 307 g/mol. The van der Waals surface area contributed by atoms with Crippen molar-refractivity contribution in [1.29, 1.82) is 0 Å². The molecule has 1 aliphatic carbocycles. The maximum atomic E-state index is 12.9. The molecule has 3 heteroatoms. The van der Waals surface area contributed by atoms with E-state index in [4.69, 9.17) is 0 Å². The summed E-state index contributed by atoms with van der Waals surface area (Å²) >= 11 is 0. The molecule has 2 nitrogen and oxygen atoms in total. The van der Waals surface area contributed by atoms with E-state index in [-0.39, 0.29) is 17.8 Å². The second-order valence-corrected chi connectivity index (χ2v) is 5.65. The average Bonchev–Trinajstić information content (AvgIpc) is 3.10. The van der Waals surface area contributed by atoms with E-state index in [1.54, 1.807) is 12.1 Å². The predicted molar refractivity (Wildman–Crippen MR) is 90.5 cm³/mol. The number of nitrogens with one attached hydrogen (secondary N) is 1. The second-order valence-electron chi connectivity index (χ2n) is 5.65. The van der Waals surface area contributed by atoms with E-state index in [9.17, 15) is 9.18 Å². The molecule has 0 aliphatic heterocycles. The lowest BCUT2D eigenvalue weighted by molar-refractivity contribution is 0.0940. The first-order chi connectivity index (χ1) is 11.1. The molecule has 1 amide bonds. The van der Waals surface area contributed by atoms with Crippen molar-refractivity contribution in [2.75, 3.05) is 0 Å². The minimum Gasteiger partial charge on any atom is -0.346 e. The van der Waals surface area contributed by atoms with Crippen molar-refractivity contribution in [2.45, 2.75) is 19.4 Å². The summed E-state index contributed by atoms with van der Waals surface area (Å²) in [6.45, 7) is 1.88. The van der Waals surface area contributed by atoms with E-state index in [0.717, 1.165) is 17.5 Å². The van der Waals surface area contributed by atoms with Crippen molar-refractivity contribution in [3.05, 3.63) is 89.3 Å². The fourth-order valence-corrected chi connectivity index (χ4v) is 2.61. The standard InChI is InChI=1S/C20H18FNO/c1-14(15-10-12-19(21)13-11-15)22-20(23)18-8-6-17(7-9-18)16-4-2-3-5-16/h2-4,6-14H,5H2,1H3,(H,22,23). The van der Waals surface area contributed by atoms with E-state index >= 15 is 0 Å². The van der Waals surface area contributed by atoms with Crippen LogP contribution in [0.4, 0.5) is 4.39 Å². The van der Waals surface area contributed by atoms with Gasteiger partial charge in [-0.2, -0.15) is 0 Å². The number of benzene rings is 2. The van der Waals surface area contributed by atoms with Crippen LogP contribution in [0.5, 0.6) is 0 Å². The lowest BCUT2D eigenvalue weighted by Gasteiger charge is -2.14. The third kappa shape index (κ3) is 3.57. The van der Waals surface area contributed by atoms with Gasteiger partial charge in [-0.15, -0.1) is 0 Å². The second kappa shape index (κ2) is 6.61. The topological polar surface area (TPSA) is 29.1 Å². The van der Waals surface area contributed by atoms with E-state index in [2.05, 4.69) is 17.5 Å². The Morgan fingerprint density at radius 3 is 2.39 bits per heavy atom. The van der Waals surface area contributed by atoms with Gasteiger partial charge in [-0.05, 0) is 54.3 Å². The minimum absolute atomic E-state index is 0.132. The Balaban J connectivity index is 1.67. The van der Waals surface area contributed by atoms with Gasteiger partial charge >= 0.3 is 0 Å². The van der Waals surface area contributed by atoms with Gasteiger partial charge in [0.25, 0.3) is 5.91 Å². The highest BCUT2D eigenvalue weighted by molar-refractivity contribution is 5.94. The third-order valence-electron chi connectivity index (χ3n) is 4.01. The first-order valence-electron chi connectivity index (χ1n) is 7.66. The zero-order valence-electron chi connectivity index (χ0n) is 12.9. The SMILES string of the molecule is CC(NC(=O)c1ccc(C2=CC=CC2)cc1)c1ccc(F)cc1. The predicted octanol–water partition coefficient (Wildman–Crippen LogP) is 4.66. The molecule has 2 aromatic carbocycles. The molecule has 0 radical (unpaired) electrons. The third-order valence-corrected chi connectivity index (χ3v) is 4.01. The summed E-state index contributed by atoms with van der Waals surface area (Å²) in [5.74, 6) is -0.412. The Labute approximate surface area is 135 Å². The van der Waals surface area contributed by atoms with Gasteiger partial charge in [0, 0.05) is 5.56 Å². The summed E-state index contributed by atoms with van der Waals surface area (Å²) in [5.41, 5.74) is 3.89. The molecule has 23 heavy (non-hydrogen) atoms. The fourth-order valence-electron chi connectivity index (χ4n) is 2.61. The fraction of sp³-hybridized carbons (Fsp3) is 0.150. The number of allylic oxidation sites excluding steroid dienone is 4. The maximum absolute atomic E-state index is 12.9. The molecule has 1 aliphatic rings. The van der Waals surface area contributed by atoms with Gasteiger partial charge in [0.05, 0.1) is 6.04 Å².